The van der Waals surface area contributed by atoms with E-state index in [0.717, 1.165) is 6.54 Å². The van der Waals surface area contributed by atoms with Crippen molar-refractivity contribution in [1.82, 2.24) is 5.32 Å². The number of ether oxygens (including phenoxy) is 1. The van der Waals surface area contributed by atoms with Gasteiger partial charge in [-0.3, -0.25) is 0 Å². The van der Waals surface area contributed by atoms with Gasteiger partial charge in [0.05, 0.1) is 13.2 Å². The van der Waals surface area contributed by atoms with E-state index >= 15 is 0 Å². The highest BCUT2D eigenvalue weighted by Crippen LogP contribution is 2.25. The molecule has 3 nitrogen and oxygen atoms in total. The lowest BCUT2D eigenvalue weighted by Gasteiger charge is -2.14. The van der Waals surface area contributed by atoms with Crippen molar-refractivity contribution in [2.75, 3.05) is 20.2 Å². The number of halogens is 1. The van der Waals surface area contributed by atoms with Crippen molar-refractivity contribution in [3.63, 3.8) is 0 Å². The van der Waals surface area contributed by atoms with Gasteiger partial charge in [0.1, 0.15) is 11.6 Å². The third kappa shape index (κ3) is 3.18. The maximum atomic E-state index is 13.0. The van der Waals surface area contributed by atoms with Gasteiger partial charge in [-0.05, 0) is 24.7 Å². The van der Waals surface area contributed by atoms with Gasteiger partial charge in [-0.15, -0.1) is 0 Å². The summed E-state index contributed by atoms with van der Waals surface area (Å²) in [5.74, 6) is 0.128. The van der Waals surface area contributed by atoms with Gasteiger partial charge in [-0.25, -0.2) is 4.39 Å². The minimum atomic E-state index is -0.754. The van der Waals surface area contributed by atoms with Crippen LogP contribution in [0.4, 0.5) is 4.39 Å². The Morgan fingerprint density at radius 1 is 1.53 bits per heavy atom. The molecule has 0 bridgehead atoms. The molecule has 15 heavy (non-hydrogen) atoms. The molecule has 0 spiro atoms. The molecule has 0 aliphatic rings. The molecular weight excluding hydrogens is 197 g/mol. The minimum absolute atomic E-state index is 0.374. The van der Waals surface area contributed by atoms with Gasteiger partial charge in [0.15, 0.2) is 0 Å². The van der Waals surface area contributed by atoms with E-state index in [-0.39, 0.29) is 5.82 Å². The zero-order valence-corrected chi connectivity index (χ0v) is 8.96. The summed E-state index contributed by atoms with van der Waals surface area (Å²) < 4.78 is 18.0. The van der Waals surface area contributed by atoms with Crippen LogP contribution in [0.15, 0.2) is 18.2 Å². The lowest BCUT2D eigenvalue weighted by molar-refractivity contribution is 0.171. The molecule has 1 aromatic carbocycles. The monoisotopic (exact) mass is 213 g/mol. The fourth-order valence-electron chi connectivity index (χ4n) is 1.36. The highest BCUT2D eigenvalue weighted by Gasteiger charge is 2.13. The molecule has 1 atom stereocenters. The number of methoxy groups -OCH3 is 1. The standard InChI is InChI=1S/C11H16FNO2/c1-3-13-7-10(14)9-6-8(12)4-5-11(9)15-2/h4-6,10,13-14H,3,7H2,1-2H3. The SMILES string of the molecule is CCNCC(O)c1cc(F)ccc1OC. The van der Waals surface area contributed by atoms with Gasteiger partial charge >= 0.3 is 0 Å². The molecule has 0 fully saturated rings. The van der Waals surface area contributed by atoms with Crippen LogP contribution in [0.2, 0.25) is 0 Å². The molecular formula is C11H16FNO2. The van der Waals surface area contributed by atoms with Crippen molar-refractivity contribution in [3.8, 4) is 5.75 Å². The quantitative estimate of drug-likeness (QED) is 0.778. The highest BCUT2D eigenvalue weighted by molar-refractivity contribution is 5.35. The summed E-state index contributed by atoms with van der Waals surface area (Å²) in [6, 6.07) is 4.11. The van der Waals surface area contributed by atoms with Crippen LogP contribution in [-0.4, -0.2) is 25.3 Å². The van der Waals surface area contributed by atoms with Gasteiger partial charge in [0, 0.05) is 12.1 Å². The van der Waals surface area contributed by atoms with Gasteiger partial charge < -0.3 is 15.2 Å². The van der Waals surface area contributed by atoms with Crippen LogP contribution in [-0.2, 0) is 0 Å². The number of nitrogens with one attached hydrogen (secondary N) is 1. The fourth-order valence-corrected chi connectivity index (χ4v) is 1.36. The van der Waals surface area contributed by atoms with E-state index in [9.17, 15) is 9.50 Å². The van der Waals surface area contributed by atoms with Crippen LogP contribution in [0.25, 0.3) is 0 Å². The lowest BCUT2D eigenvalue weighted by atomic mass is 10.1. The molecule has 84 valence electrons. The first-order chi connectivity index (χ1) is 7.19. The number of aliphatic hydroxyl groups is 1. The Labute approximate surface area is 88.9 Å². The molecule has 1 unspecified atom stereocenters. The predicted molar refractivity (Wildman–Crippen MR) is 56.5 cm³/mol. The maximum Gasteiger partial charge on any atom is 0.124 e. The first-order valence-electron chi connectivity index (χ1n) is 4.91. The summed E-state index contributed by atoms with van der Waals surface area (Å²) >= 11 is 0. The van der Waals surface area contributed by atoms with Gasteiger partial charge in [0.25, 0.3) is 0 Å². The molecule has 0 radical (unpaired) electrons. The summed E-state index contributed by atoms with van der Waals surface area (Å²) in [6.07, 6.45) is -0.754. The van der Waals surface area contributed by atoms with Crippen LogP contribution in [0, 0.1) is 5.82 Å². The van der Waals surface area contributed by atoms with Crippen molar-refractivity contribution in [1.29, 1.82) is 0 Å². The first kappa shape index (κ1) is 11.9. The molecule has 0 aliphatic heterocycles. The Bertz CT molecular complexity index is 317. The van der Waals surface area contributed by atoms with Crippen LogP contribution in [0.3, 0.4) is 0 Å². The lowest BCUT2D eigenvalue weighted by Crippen LogP contribution is -2.21. The van der Waals surface area contributed by atoms with Crippen molar-refractivity contribution in [2.24, 2.45) is 0 Å². The first-order valence-corrected chi connectivity index (χ1v) is 4.91. The molecule has 0 aromatic heterocycles. The van der Waals surface area contributed by atoms with Crippen LogP contribution in [0.1, 0.15) is 18.6 Å². The van der Waals surface area contributed by atoms with Crippen LogP contribution in [0.5, 0.6) is 5.75 Å². The molecule has 0 amide bonds. The smallest absolute Gasteiger partial charge is 0.124 e. The number of rotatable bonds is 5. The molecule has 4 heteroatoms. The third-order valence-electron chi connectivity index (χ3n) is 2.14. The normalized spacial score (nSPS) is 12.5. The topological polar surface area (TPSA) is 41.5 Å². The molecule has 0 heterocycles. The highest BCUT2D eigenvalue weighted by atomic mass is 19.1. The maximum absolute atomic E-state index is 13.0. The van der Waals surface area contributed by atoms with Gasteiger partial charge in [-0.2, -0.15) is 0 Å². The van der Waals surface area contributed by atoms with Gasteiger partial charge in [0.2, 0.25) is 0 Å². The summed E-state index contributed by atoms with van der Waals surface area (Å²) in [5, 5.41) is 12.8. The number of likely N-dealkylation sites (N-methyl/N-ethyl adjacent to an activating group) is 1. The van der Waals surface area contributed by atoms with Crippen molar-refractivity contribution in [3.05, 3.63) is 29.6 Å². The Hall–Kier alpha value is -1.13. The van der Waals surface area contributed by atoms with E-state index in [1.54, 1.807) is 0 Å². The van der Waals surface area contributed by atoms with Crippen molar-refractivity contribution < 1.29 is 14.2 Å². The average Bonchev–Trinajstić information content (AvgIpc) is 2.25. The van der Waals surface area contributed by atoms with E-state index in [2.05, 4.69) is 5.32 Å². The molecule has 0 aliphatic carbocycles. The zero-order chi connectivity index (χ0) is 11.3. The number of hydrogen-bond donors (Lipinski definition) is 2. The number of aliphatic hydroxyl groups excluding tert-OH is 1. The van der Waals surface area contributed by atoms with Crippen LogP contribution >= 0.6 is 0 Å². The van der Waals surface area contributed by atoms with Crippen molar-refractivity contribution in [2.45, 2.75) is 13.0 Å². The average molecular weight is 213 g/mol. The Kier molecular flexibility index (Phi) is 4.52. The molecule has 2 N–H and O–H groups in total. The van der Waals surface area contributed by atoms with Crippen molar-refractivity contribution >= 4 is 0 Å². The second kappa shape index (κ2) is 5.68. The summed E-state index contributed by atoms with van der Waals surface area (Å²) in [7, 11) is 1.50. The van der Waals surface area contributed by atoms with E-state index in [4.69, 9.17) is 4.74 Å². The molecule has 1 aromatic rings. The summed E-state index contributed by atoms with van der Waals surface area (Å²) in [5.41, 5.74) is 0.471. The number of benzene rings is 1. The van der Waals surface area contributed by atoms with E-state index in [0.29, 0.717) is 17.9 Å². The van der Waals surface area contributed by atoms with Crippen LogP contribution < -0.4 is 10.1 Å². The molecule has 0 saturated carbocycles. The Balaban J connectivity index is 2.85. The predicted octanol–water partition coefficient (Wildman–Crippen LogP) is 1.48. The second-order valence-electron chi connectivity index (χ2n) is 3.21. The van der Waals surface area contributed by atoms with Gasteiger partial charge in [-0.1, -0.05) is 6.92 Å². The zero-order valence-electron chi connectivity index (χ0n) is 8.96. The fraction of sp³-hybridized carbons (Fsp3) is 0.455. The van der Waals surface area contributed by atoms with E-state index in [1.807, 2.05) is 6.92 Å². The largest absolute Gasteiger partial charge is 0.496 e. The Morgan fingerprint density at radius 2 is 2.27 bits per heavy atom. The molecule has 0 saturated heterocycles. The second-order valence-corrected chi connectivity index (χ2v) is 3.21. The summed E-state index contributed by atoms with van der Waals surface area (Å²) in [4.78, 5) is 0. The van der Waals surface area contributed by atoms with E-state index < -0.39 is 6.10 Å². The molecule has 1 rings (SSSR count). The van der Waals surface area contributed by atoms with E-state index in [1.165, 1.54) is 25.3 Å². The minimum Gasteiger partial charge on any atom is -0.496 e. The Morgan fingerprint density at radius 3 is 2.87 bits per heavy atom. The third-order valence-corrected chi connectivity index (χ3v) is 2.14. The number of hydrogen-bond acceptors (Lipinski definition) is 3. The summed E-state index contributed by atoms with van der Waals surface area (Å²) in [6.45, 7) is 3.08.